The Morgan fingerprint density at radius 3 is 2.50 bits per heavy atom. The summed E-state index contributed by atoms with van der Waals surface area (Å²) < 4.78 is 0. The van der Waals surface area contributed by atoms with Gasteiger partial charge in [-0.25, -0.2) is 0 Å². The lowest BCUT2D eigenvalue weighted by molar-refractivity contribution is 0.0759. The van der Waals surface area contributed by atoms with Gasteiger partial charge < -0.3 is 15.3 Å². The molecule has 0 radical (unpaired) electrons. The fourth-order valence-corrected chi connectivity index (χ4v) is 2.04. The lowest BCUT2D eigenvalue weighted by Crippen LogP contribution is -2.52. The van der Waals surface area contributed by atoms with Crippen molar-refractivity contribution in [3.8, 4) is 0 Å². The van der Waals surface area contributed by atoms with Crippen LogP contribution < -0.4 is 5.32 Å². The standard InChI is InChI=1S/C11H24N2O/c1-3-11(4-2)12-7-10-8-13(9-10)5-6-14/h10-12,14H,3-9H2,1-2H3. The van der Waals surface area contributed by atoms with Crippen LogP contribution in [0.1, 0.15) is 26.7 Å². The van der Waals surface area contributed by atoms with Gasteiger partial charge in [0.15, 0.2) is 0 Å². The molecule has 14 heavy (non-hydrogen) atoms. The number of rotatable bonds is 7. The van der Waals surface area contributed by atoms with Gasteiger partial charge in [0.05, 0.1) is 6.61 Å². The van der Waals surface area contributed by atoms with Gasteiger partial charge >= 0.3 is 0 Å². The van der Waals surface area contributed by atoms with Crippen LogP contribution in [0, 0.1) is 5.92 Å². The molecule has 0 aromatic heterocycles. The van der Waals surface area contributed by atoms with Crippen LogP contribution in [-0.2, 0) is 0 Å². The van der Waals surface area contributed by atoms with E-state index in [1.165, 1.54) is 12.8 Å². The van der Waals surface area contributed by atoms with Gasteiger partial charge in [0.1, 0.15) is 0 Å². The molecule has 0 bridgehead atoms. The van der Waals surface area contributed by atoms with Crippen molar-refractivity contribution in [1.82, 2.24) is 10.2 Å². The summed E-state index contributed by atoms with van der Waals surface area (Å²) in [4.78, 5) is 2.30. The summed E-state index contributed by atoms with van der Waals surface area (Å²) >= 11 is 0. The van der Waals surface area contributed by atoms with E-state index in [0.717, 1.165) is 32.1 Å². The van der Waals surface area contributed by atoms with Crippen molar-refractivity contribution in [2.75, 3.05) is 32.8 Å². The minimum atomic E-state index is 0.298. The predicted molar refractivity (Wildman–Crippen MR) is 59.4 cm³/mol. The van der Waals surface area contributed by atoms with E-state index in [1.54, 1.807) is 0 Å². The highest BCUT2D eigenvalue weighted by Crippen LogP contribution is 2.13. The van der Waals surface area contributed by atoms with Crippen LogP contribution in [0.5, 0.6) is 0 Å². The van der Waals surface area contributed by atoms with Crippen molar-refractivity contribution in [2.45, 2.75) is 32.7 Å². The largest absolute Gasteiger partial charge is 0.395 e. The second-order valence-corrected chi connectivity index (χ2v) is 4.27. The van der Waals surface area contributed by atoms with Crippen LogP contribution in [0.4, 0.5) is 0 Å². The minimum Gasteiger partial charge on any atom is -0.395 e. The summed E-state index contributed by atoms with van der Waals surface area (Å²) in [5.41, 5.74) is 0. The van der Waals surface area contributed by atoms with Crippen molar-refractivity contribution in [3.05, 3.63) is 0 Å². The van der Waals surface area contributed by atoms with Gasteiger partial charge in [0.25, 0.3) is 0 Å². The molecule has 1 rings (SSSR count). The minimum absolute atomic E-state index is 0.298. The normalized spacial score (nSPS) is 18.9. The number of likely N-dealkylation sites (tertiary alicyclic amines) is 1. The van der Waals surface area contributed by atoms with Crippen LogP contribution in [0.3, 0.4) is 0 Å². The van der Waals surface area contributed by atoms with E-state index < -0.39 is 0 Å². The zero-order valence-corrected chi connectivity index (χ0v) is 9.50. The van der Waals surface area contributed by atoms with E-state index in [1.807, 2.05) is 0 Å². The summed E-state index contributed by atoms with van der Waals surface area (Å²) in [6.07, 6.45) is 2.45. The van der Waals surface area contributed by atoms with E-state index in [2.05, 4.69) is 24.1 Å². The van der Waals surface area contributed by atoms with E-state index >= 15 is 0 Å². The Labute approximate surface area is 87.5 Å². The van der Waals surface area contributed by atoms with E-state index in [9.17, 15) is 0 Å². The molecule has 1 fully saturated rings. The van der Waals surface area contributed by atoms with Gasteiger partial charge in [0, 0.05) is 32.2 Å². The van der Waals surface area contributed by atoms with Crippen molar-refractivity contribution >= 4 is 0 Å². The fourth-order valence-electron chi connectivity index (χ4n) is 2.04. The number of β-amino-alcohol motifs (C(OH)–C–C–N with tert-alkyl or cyclic N) is 1. The molecular formula is C11H24N2O. The molecule has 3 heteroatoms. The molecule has 0 saturated carbocycles. The zero-order chi connectivity index (χ0) is 10.4. The van der Waals surface area contributed by atoms with Crippen LogP contribution in [-0.4, -0.2) is 48.8 Å². The van der Waals surface area contributed by atoms with E-state index in [0.29, 0.717) is 12.6 Å². The molecule has 0 unspecified atom stereocenters. The molecule has 0 aromatic carbocycles. The number of aliphatic hydroxyl groups is 1. The van der Waals surface area contributed by atoms with Crippen molar-refractivity contribution < 1.29 is 5.11 Å². The molecule has 1 heterocycles. The topological polar surface area (TPSA) is 35.5 Å². The smallest absolute Gasteiger partial charge is 0.0558 e. The molecule has 0 spiro atoms. The molecule has 0 aliphatic carbocycles. The Morgan fingerprint density at radius 2 is 2.00 bits per heavy atom. The highest BCUT2D eigenvalue weighted by atomic mass is 16.3. The van der Waals surface area contributed by atoms with Crippen LogP contribution >= 0.6 is 0 Å². The van der Waals surface area contributed by atoms with Gasteiger partial charge in [-0.3, -0.25) is 0 Å². The van der Waals surface area contributed by atoms with Crippen molar-refractivity contribution in [3.63, 3.8) is 0 Å². The molecule has 1 aliphatic heterocycles. The third kappa shape index (κ3) is 3.56. The van der Waals surface area contributed by atoms with Gasteiger partial charge in [-0.2, -0.15) is 0 Å². The molecule has 1 aliphatic rings. The average molecular weight is 200 g/mol. The molecule has 0 aromatic rings. The zero-order valence-electron chi connectivity index (χ0n) is 9.50. The quantitative estimate of drug-likeness (QED) is 0.634. The number of aliphatic hydroxyl groups excluding tert-OH is 1. The summed E-state index contributed by atoms with van der Waals surface area (Å²) in [6.45, 7) is 9.09. The lowest BCUT2D eigenvalue weighted by atomic mass is 9.99. The van der Waals surface area contributed by atoms with E-state index in [4.69, 9.17) is 5.11 Å². The first-order valence-electron chi connectivity index (χ1n) is 5.86. The van der Waals surface area contributed by atoms with Crippen LogP contribution in [0.15, 0.2) is 0 Å². The third-order valence-electron chi connectivity index (χ3n) is 3.13. The Kier molecular flexibility index (Phi) is 5.45. The molecular weight excluding hydrogens is 176 g/mol. The highest BCUT2D eigenvalue weighted by molar-refractivity contribution is 4.82. The Bertz CT molecular complexity index is 142. The first-order valence-corrected chi connectivity index (χ1v) is 5.86. The first-order chi connectivity index (χ1) is 6.80. The summed E-state index contributed by atoms with van der Waals surface area (Å²) in [7, 11) is 0. The van der Waals surface area contributed by atoms with Crippen molar-refractivity contribution in [2.24, 2.45) is 5.92 Å². The summed E-state index contributed by atoms with van der Waals surface area (Å²) in [5.74, 6) is 0.808. The average Bonchev–Trinajstić information content (AvgIpc) is 2.15. The molecule has 0 atom stereocenters. The van der Waals surface area contributed by atoms with Gasteiger partial charge in [-0.05, 0) is 18.8 Å². The van der Waals surface area contributed by atoms with E-state index in [-0.39, 0.29) is 0 Å². The summed E-state index contributed by atoms with van der Waals surface area (Å²) in [5, 5.41) is 12.3. The Hall–Kier alpha value is -0.120. The predicted octanol–water partition coefficient (Wildman–Crippen LogP) is 0.689. The lowest BCUT2D eigenvalue weighted by Gasteiger charge is -2.39. The molecule has 84 valence electrons. The van der Waals surface area contributed by atoms with Crippen molar-refractivity contribution in [1.29, 1.82) is 0 Å². The number of nitrogens with zero attached hydrogens (tertiary/aromatic N) is 1. The maximum Gasteiger partial charge on any atom is 0.0558 e. The van der Waals surface area contributed by atoms with Gasteiger partial charge in [-0.15, -0.1) is 0 Å². The third-order valence-corrected chi connectivity index (χ3v) is 3.13. The molecule has 3 nitrogen and oxygen atoms in total. The first kappa shape index (κ1) is 12.0. The second kappa shape index (κ2) is 6.38. The number of hydrogen-bond donors (Lipinski definition) is 2. The highest BCUT2D eigenvalue weighted by Gasteiger charge is 2.25. The van der Waals surface area contributed by atoms with Gasteiger partial charge in [-0.1, -0.05) is 13.8 Å². The summed E-state index contributed by atoms with van der Waals surface area (Å²) in [6, 6.07) is 0.696. The van der Waals surface area contributed by atoms with Crippen LogP contribution in [0.25, 0.3) is 0 Å². The fraction of sp³-hybridized carbons (Fsp3) is 1.00. The molecule has 1 saturated heterocycles. The second-order valence-electron chi connectivity index (χ2n) is 4.27. The Balaban J connectivity index is 1.99. The molecule has 0 amide bonds. The maximum absolute atomic E-state index is 8.72. The van der Waals surface area contributed by atoms with Crippen LogP contribution in [0.2, 0.25) is 0 Å². The number of hydrogen-bond acceptors (Lipinski definition) is 3. The van der Waals surface area contributed by atoms with Gasteiger partial charge in [0.2, 0.25) is 0 Å². The number of nitrogens with one attached hydrogen (secondary N) is 1. The molecule has 2 N–H and O–H groups in total. The Morgan fingerprint density at radius 1 is 1.36 bits per heavy atom. The monoisotopic (exact) mass is 200 g/mol. The SMILES string of the molecule is CCC(CC)NCC1CN(CCO)C1. The maximum atomic E-state index is 8.72.